The molecule has 0 saturated carbocycles. The minimum atomic E-state index is -1.14. The van der Waals surface area contributed by atoms with E-state index in [1.165, 1.54) is 24.3 Å². The van der Waals surface area contributed by atoms with Crippen LogP contribution in [0.2, 0.25) is 0 Å². The summed E-state index contributed by atoms with van der Waals surface area (Å²) in [5, 5.41) is 27.8. The zero-order chi connectivity index (χ0) is 13.3. The van der Waals surface area contributed by atoms with Crippen molar-refractivity contribution >= 4 is 11.9 Å². The molecule has 0 aliphatic carbocycles. The van der Waals surface area contributed by atoms with E-state index < -0.39 is 24.0 Å². The summed E-state index contributed by atoms with van der Waals surface area (Å²) >= 11 is 0. The van der Waals surface area contributed by atoms with Gasteiger partial charge in [-0.15, -0.1) is 0 Å². The summed E-state index contributed by atoms with van der Waals surface area (Å²) in [5.41, 5.74) is 0.204. The highest BCUT2D eigenvalue weighted by atomic mass is 16.4. The number of nitrogens with zero attached hydrogens (tertiary/aromatic N) is 1. The normalized spacial score (nSPS) is 23.1. The Morgan fingerprint density at radius 3 is 2.67 bits per heavy atom. The Morgan fingerprint density at radius 2 is 2.06 bits per heavy atom. The van der Waals surface area contributed by atoms with Gasteiger partial charge >= 0.3 is 5.97 Å². The van der Waals surface area contributed by atoms with Crippen LogP contribution in [0.25, 0.3) is 0 Å². The fourth-order valence-corrected chi connectivity index (χ4v) is 2.08. The van der Waals surface area contributed by atoms with Crippen LogP contribution in [0.4, 0.5) is 0 Å². The van der Waals surface area contributed by atoms with E-state index in [9.17, 15) is 19.8 Å². The predicted octanol–water partition coefficient (Wildman–Crippen LogP) is 0.0522. The second-order valence-corrected chi connectivity index (χ2v) is 4.25. The molecule has 0 radical (unpaired) electrons. The molecule has 6 nitrogen and oxygen atoms in total. The van der Waals surface area contributed by atoms with E-state index in [0.717, 1.165) is 4.90 Å². The van der Waals surface area contributed by atoms with Crippen molar-refractivity contribution in [3.8, 4) is 5.75 Å². The van der Waals surface area contributed by atoms with Gasteiger partial charge in [0.1, 0.15) is 11.8 Å². The van der Waals surface area contributed by atoms with Crippen molar-refractivity contribution in [2.45, 2.75) is 18.6 Å². The molecule has 0 bridgehead atoms. The number of aliphatic hydroxyl groups is 1. The van der Waals surface area contributed by atoms with Gasteiger partial charge in [0.05, 0.1) is 6.10 Å². The van der Waals surface area contributed by atoms with E-state index in [1.807, 2.05) is 0 Å². The van der Waals surface area contributed by atoms with Crippen LogP contribution < -0.4 is 0 Å². The van der Waals surface area contributed by atoms with Crippen molar-refractivity contribution in [3.05, 3.63) is 29.8 Å². The lowest BCUT2D eigenvalue weighted by atomic mass is 10.1. The Morgan fingerprint density at radius 1 is 1.33 bits per heavy atom. The number of phenols is 1. The standard InChI is InChI=1S/C12H13NO5/c14-8-3-1-2-7(4-8)11(16)13-6-9(15)5-10(13)12(17)18/h1-4,9-10,14-15H,5-6H2,(H,17,18). The molecule has 6 heteroatoms. The fraction of sp³-hybridized carbons (Fsp3) is 0.333. The molecule has 2 atom stereocenters. The molecule has 1 heterocycles. The molecule has 0 aromatic heterocycles. The Labute approximate surface area is 103 Å². The first kappa shape index (κ1) is 12.4. The number of aliphatic hydroxyl groups excluding tert-OH is 1. The number of hydrogen-bond donors (Lipinski definition) is 3. The number of benzene rings is 1. The summed E-state index contributed by atoms with van der Waals surface area (Å²) in [7, 11) is 0. The number of carboxylic acid groups (broad SMARTS) is 1. The van der Waals surface area contributed by atoms with Crippen molar-refractivity contribution in [1.29, 1.82) is 0 Å². The lowest BCUT2D eigenvalue weighted by Crippen LogP contribution is -2.40. The van der Waals surface area contributed by atoms with Gasteiger partial charge in [0.25, 0.3) is 5.91 Å². The van der Waals surface area contributed by atoms with Gasteiger partial charge in [-0.1, -0.05) is 6.07 Å². The maximum atomic E-state index is 12.1. The molecule has 2 unspecified atom stereocenters. The second-order valence-electron chi connectivity index (χ2n) is 4.25. The quantitative estimate of drug-likeness (QED) is 0.690. The van der Waals surface area contributed by atoms with Crippen molar-refractivity contribution in [3.63, 3.8) is 0 Å². The lowest BCUT2D eigenvalue weighted by Gasteiger charge is -2.21. The fourth-order valence-electron chi connectivity index (χ4n) is 2.08. The van der Waals surface area contributed by atoms with Gasteiger partial charge < -0.3 is 20.2 Å². The molecular formula is C12H13NO5. The first-order chi connectivity index (χ1) is 8.49. The van der Waals surface area contributed by atoms with Crippen LogP contribution in [0.15, 0.2) is 24.3 Å². The van der Waals surface area contributed by atoms with Crippen molar-refractivity contribution in [2.75, 3.05) is 6.54 Å². The van der Waals surface area contributed by atoms with Gasteiger partial charge in [0.15, 0.2) is 0 Å². The summed E-state index contributed by atoms with van der Waals surface area (Å²) in [5.74, 6) is -1.71. The van der Waals surface area contributed by atoms with E-state index in [-0.39, 0.29) is 24.3 Å². The number of hydrogen-bond acceptors (Lipinski definition) is 4. The van der Waals surface area contributed by atoms with E-state index in [2.05, 4.69) is 0 Å². The number of carboxylic acids is 1. The highest BCUT2D eigenvalue weighted by Crippen LogP contribution is 2.22. The van der Waals surface area contributed by atoms with E-state index in [0.29, 0.717) is 0 Å². The summed E-state index contributed by atoms with van der Waals surface area (Å²) in [6.45, 7) is -0.00848. The molecule has 1 saturated heterocycles. The van der Waals surface area contributed by atoms with E-state index >= 15 is 0 Å². The molecule has 1 aliphatic heterocycles. The minimum Gasteiger partial charge on any atom is -0.508 e. The minimum absolute atomic E-state index is 0.00848. The molecule has 96 valence electrons. The zero-order valence-electron chi connectivity index (χ0n) is 9.48. The number of phenolic OH excluding ortho intramolecular Hbond substituents is 1. The van der Waals surface area contributed by atoms with Gasteiger partial charge in [-0.25, -0.2) is 4.79 Å². The Balaban J connectivity index is 2.25. The number of likely N-dealkylation sites (tertiary alicyclic amines) is 1. The monoisotopic (exact) mass is 251 g/mol. The number of amides is 1. The Kier molecular flexibility index (Phi) is 3.20. The predicted molar refractivity (Wildman–Crippen MR) is 61.2 cm³/mol. The third-order valence-electron chi connectivity index (χ3n) is 2.92. The van der Waals surface area contributed by atoms with E-state index in [1.54, 1.807) is 0 Å². The molecule has 2 rings (SSSR count). The first-order valence-electron chi connectivity index (χ1n) is 5.50. The van der Waals surface area contributed by atoms with Gasteiger partial charge in [-0.2, -0.15) is 0 Å². The van der Waals surface area contributed by atoms with Crippen LogP contribution in [0.5, 0.6) is 5.75 Å². The summed E-state index contributed by atoms with van der Waals surface area (Å²) in [6.07, 6.45) is -0.799. The lowest BCUT2D eigenvalue weighted by molar-refractivity contribution is -0.141. The topological polar surface area (TPSA) is 98.1 Å². The number of carbonyl (C=O) groups excluding carboxylic acids is 1. The smallest absolute Gasteiger partial charge is 0.326 e. The molecule has 1 aromatic carbocycles. The average molecular weight is 251 g/mol. The molecule has 3 N–H and O–H groups in total. The Bertz CT molecular complexity index is 487. The maximum absolute atomic E-state index is 12.1. The molecule has 1 aromatic rings. The van der Waals surface area contributed by atoms with Crippen LogP contribution in [0.3, 0.4) is 0 Å². The molecule has 1 aliphatic rings. The van der Waals surface area contributed by atoms with Gasteiger partial charge in [-0.3, -0.25) is 4.79 Å². The Hall–Kier alpha value is -2.08. The van der Waals surface area contributed by atoms with Crippen molar-refractivity contribution < 1.29 is 24.9 Å². The van der Waals surface area contributed by atoms with Crippen molar-refractivity contribution in [1.82, 2.24) is 4.90 Å². The maximum Gasteiger partial charge on any atom is 0.326 e. The number of carbonyl (C=O) groups is 2. The third kappa shape index (κ3) is 2.28. The van der Waals surface area contributed by atoms with Gasteiger partial charge in [0, 0.05) is 18.5 Å². The largest absolute Gasteiger partial charge is 0.508 e. The van der Waals surface area contributed by atoms with Crippen LogP contribution in [0.1, 0.15) is 16.8 Å². The molecular weight excluding hydrogens is 238 g/mol. The molecule has 0 spiro atoms. The SMILES string of the molecule is O=C(O)C1CC(O)CN1C(=O)c1cccc(O)c1. The molecule has 1 amide bonds. The van der Waals surface area contributed by atoms with Crippen LogP contribution in [-0.2, 0) is 4.79 Å². The first-order valence-corrected chi connectivity index (χ1v) is 5.50. The summed E-state index contributed by atoms with van der Waals surface area (Å²) in [6, 6.07) is 4.67. The van der Waals surface area contributed by atoms with Gasteiger partial charge in [-0.05, 0) is 18.2 Å². The number of aliphatic carboxylic acids is 1. The van der Waals surface area contributed by atoms with Crippen molar-refractivity contribution in [2.24, 2.45) is 0 Å². The highest BCUT2D eigenvalue weighted by molar-refractivity contribution is 5.97. The van der Waals surface area contributed by atoms with Crippen LogP contribution >= 0.6 is 0 Å². The third-order valence-corrected chi connectivity index (χ3v) is 2.92. The highest BCUT2D eigenvalue weighted by Gasteiger charge is 2.39. The van der Waals surface area contributed by atoms with Crippen LogP contribution in [-0.4, -0.2) is 50.8 Å². The average Bonchev–Trinajstić information content (AvgIpc) is 2.70. The van der Waals surface area contributed by atoms with Crippen LogP contribution in [0, 0.1) is 0 Å². The second kappa shape index (κ2) is 4.66. The summed E-state index contributed by atoms with van der Waals surface area (Å²) in [4.78, 5) is 24.2. The zero-order valence-corrected chi connectivity index (χ0v) is 9.48. The number of rotatable bonds is 2. The summed E-state index contributed by atoms with van der Waals surface area (Å²) < 4.78 is 0. The number of aromatic hydroxyl groups is 1. The number of β-amino-alcohol motifs (C(OH)–C–C–N with tert-alkyl or cyclic N) is 1. The molecule has 18 heavy (non-hydrogen) atoms. The van der Waals surface area contributed by atoms with Gasteiger partial charge in [0.2, 0.25) is 0 Å². The van der Waals surface area contributed by atoms with E-state index in [4.69, 9.17) is 5.11 Å². The molecule has 1 fully saturated rings.